The van der Waals surface area contributed by atoms with Crippen molar-refractivity contribution in [1.29, 1.82) is 0 Å². The lowest BCUT2D eigenvalue weighted by atomic mass is 10.2. The van der Waals surface area contributed by atoms with Crippen LogP contribution in [-0.4, -0.2) is 54.7 Å². The maximum atomic E-state index is 13.3. The predicted octanol–water partition coefficient (Wildman–Crippen LogP) is 4.11. The van der Waals surface area contributed by atoms with Gasteiger partial charge in [-0.1, -0.05) is 12.1 Å². The molecule has 1 fully saturated rings. The summed E-state index contributed by atoms with van der Waals surface area (Å²) >= 11 is 1.21. The van der Waals surface area contributed by atoms with E-state index in [4.69, 9.17) is 0 Å². The molecule has 174 valence electrons. The molecule has 4 rings (SSSR count). The molecule has 33 heavy (non-hydrogen) atoms. The third kappa shape index (κ3) is 4.77. The molecule has 0 aliphatic carbocycles. The summed E-state index contributed by atoms with van der Waals surface area (Å²) in [6.07, 6.45) is -4.81. The van der Waals surface area contributed by atoms with E-state index in [1.54, 1.807) is 17.5 Å². The molecule has 1 aliphatic heterocycles. The van der Waals surface area contributed by atoms with Gasteiger partial charge < -0.3 is 4.90 Å². The van der Waals surface area contributed by atoms with E-state index in [9.17, 15) is 30.8 Å². The number of nitrogens with zero attached hydrogens (tertiary/aromatic N) is 3. The minimum atomic E-state index is -4.81. The second-order valence-electron chi connectivity index (χ2n) is 7.23. The van der Waals surface area contributed by atoms with E-state index in [1.807, 2.05) is 0 Å². The highest BCUT2D eigenvalue weighted by atomic mass is 32.2. The van der Waals surface area contributed by atoms with E-state index < -0.39 is 38.4 Å². The van der Waals surface area contributed by atoms with E-state index in [0.717, 1.165) is 22.5 Å². The zero-order valence-electron chi connectivity index (χ0n) is 16.9. The Bertz CT molecular complexity index is 1270. The van der Waals surface area contributed by atoms with Crippen molar-refractivity contribution in [3.05, 3.63) is 71.0 Å². The topological polar surface area (TPSA) is 70.6 Å². The average Bonchev–Trinajstić information content (AvgIpc) is 3.29. The van der Waals surface area contributed by atoms with Gasteiger partial charge in [-0.3, -0.25) is 4.79 Å². The molecule has 0 saturated carbocycles. The molecule has 1 amide bonds. The first-order chi connectivity index (χ1) is 15.6. The van der Waals surface area contributed by atoms with Crippen LogP contribution in [0, 0.1) is 5.82 Å². The number of alkyl halides is 3. The number of piperazine rings is 1. The predicted molar refractivity (Wildman–Crippen MR) is 114 cm³/mol. The average molecular weight is 500 g/mol. The van der Waals surface area contributed by atoms with Crippen LogP contribution in [0.2, 0.25) is 0 Å². The second kappa shape index (κ2) is 8.84. The molecule has 2 heterocycles. The van der Waals surface area contributed by atoms with Crippen LogP contribution >= 0.6 is 11.3 Å². The normalized spacial score (nSPS) is 15.6. The maximum Gasteiger partial charge on any atom is 0.417 e. The molecular formula is C21H17F4N3O3S2. The number of amides is 1. The van der Waals surface area contributed by atoms with Crippen molar-refractivity contribution in [1.82, 2.24) is 14.2 Å². The molecule has 0 spiro atoms. The van der Waals surface area contributed by atoms with Gasteiger partial charge in [-0.15, -0.1) is 11.3 Å². The van der Waals surface area contributed by atoms with Crippen LogP contribution in [0.4, 0.5) is 17.6 Å². The molecular weight excluding hydrogens is 482 g/mol. The number of sulfonamides is 1. The zero-order valence-corrected chi connectivity index (χ0v) is 18.6. The van der Waals surface area contributed by atoms with Crippen molar-refractivity contribution in [3.8, 4) is 10.6 Å². The van der Waals surface area contributed by atoms with Crippen LogP contribution in [0.25, 0.3) is 10.6 Å². The smallest absolute Gasteiger partial charge is 0.335 e. The highest BCUT2D eigenvalue weighted by molar-refractivity contribution is 7.89. The van der Waals surface area contributed by atoms with Gasteiger partial charge in [0.1, 0.15) is 16.5 Å². The first-order valence-corrected chi connectivity index (χ1v) is 12.1. The number of aromatic nitrogens is 1. The summed E-state index contributed by atoms with van der Waals surface area (Å²) in [4.78, 5) is 17.7. The third-order valence-corrected chi connectivity index (χ3v) is 8.00. The molecule has 12 heteroatoms. The van der Waals surface area contributed by atoms with E-state index in [2.05, 4.69) is 4.98 Å². The molecule has 3 aromatic rings. The fourth-order valence-corrected chi connectivity index (χ4v) is 5.89. The summed E-state index contributed by atoms with van der Waals surface area (Å²) in [6, 6.07) is 9.70. The SMILES string of the molecule is O=C(c1csc(-c2ccc(F)cc2)n1)N1CCN(S(=O)(=O)c2ccccc2C(F)(F)F)CC1. The van der Waals surface area contributed by atoms with Crippen molar-refractivity contribution in [2.24, 2.45) is 0 Å². The van der Waals surface area contributed by atoms with Crippen LogP contribution in [0.15, 0.2) is 58.8 Å². The van der Waals surface area contributed by atoms with Crippen molar-refractivity contribution in [2.45, 2.75) is 11.1 Å². The molecule has 0 unspecified atom stereocenters. The summed E-state index contributed by atoms with van der Waals surface area (Å²) in [7, 11) is -4.39. The second-order valence-corrected chi connectivity index (χ2v) is 10.00. The van der Waals surface area contributed by atoms with Gasteiger partial charge >= 0.3 is 6.18 Å². The number of halogens is 4. The highest BCUT2D eigenvalue weighted by Crippen LogP contribution is 2.35. The first kappa shape index (κ1) is 23.3. The standard InChI is InChI=1S/C21H17F4N3O3S2/c22-15-7-5-14(6-8-15)19-26-17(13-32-19)20(29)27-9-11-28(12-10-27)33(30,31)18-4-2-1-3-16(18)21(23,24)25/h1-8,13H,9-12H2. The third-order valence-electron chi connectivity index (χ3n) is 5.15. The molecule has 2 aromatic carbocycles. The summed E-state index contributed by atoms with van der Waals surface area (Å²) < 4.78 is 79.7. The monoisotopic (exact) mass is 499 g/mol. The number of hydrogen-bond acceptors (Lipinski definition) is 5. The van der Waals surface area contributed by atoms with Crippen molar-refractivity contribution >= 4 is 27.3 Å². The molecule has 0 atom stereocenters. The van der Waals surface area contributed by atoms with Gasteiger partial charge in [0.25, 0.3) is 5.91 Å². The van der Waals surface area contributed by atoms with Gasteiger partial charge in [-0.05, 0) is 36.4 Å². The molecule has 1 aliphatic rings. The number of hydrogen-bond donors (Lipinski definition) is 0. The van der Waals surface area contributed by atoms with Crippen LogP contribution in [0.3, 0.4) is 0 Å². The van der Waals surface area contributed by atoms with E-state index in [0.29, 0.717) is 10.6 Å². The van der Waals surface area contributed by atoms with Crippen molar-refractivity contribution < 1.29 is 30.8 Å². The highest BCUT2D eigenvalue weighted by Gasteiger charge is 2.40. The largest absolute Gasteiger partial charge is 0.417 e. The van der Waals surface area contributed by atoms with Crippen LogP contribution in [0.1, 0.15) is 16.1 Å². The Kier molecular flexibility index (Phi) is 6.25. The fraction of sp³-hybridized carbons (Fsp3) is 0.238. The lowest BCUT2D eigenvalue weighted by Gasteiger charge is -2.34. The lowest BCUT2D eigenvalue weighted by Crippen LogP contribution is -2.50. The Morgan fingerprint density at radius 3 is 2.24 bits per heavy atom. The van der Waals surface area contributed by atoms with Gasteiger partial charge in [0.05, 0.1) is 10.5 Å². The van der Waals surface area contributed by atoms with Gasteiger partial charge in [0.15, 0.2) is 0 Å². The number of thiazole rings is 1. The summed E-state index contributed by atoms with van der Waals surface area (Å²) in [6.45, 7) is -0.268. The Morgan fingerprint density at radius 1 is 0.970 bits per heavy atom. The minimum absolute atomic E-state index is 0.00958. The van der Waals surface area contributed by atoms with Crippen LogP contribution in [0.5, 0.6) is 0 Å². The Labute approximate surface area is 191 Å². The van der Waals surface area contributed by atoms with Crippen LogP contribution in [-0.2, 0) is 16.2 Å². The fourth-order valence-electron chi connectivity index (χ4n) is 3.46. The first-order valence-electron chi connectivity index (χ1n) is 9.74. The minimum Gasteiger partial charge on any atom is -0.335 e. The molecule has 0 bridgehead atoms. The number of carbonyl (C=O) groups excluding carboxylic acids is 1. The van der Waals surface area contributed by atoms with Gasteiger partial charge in [-0.2, -0.15) is 17.5 Å². The van der Waals surface area contributed by atoms with Gasteiger partial charge in [-0.25, -0.2) is 17.8 Å². The van der Waals surface area contributed by atoms with Crippen LogP contribution < -0.4 is 0 Å². The summed E-state index contributed by atoms with van der Waals surface area (Å²) in [5.74, 6) is -0.801. The quantitative estimate of drug-likeness (QED) is 0.507. The Balaban J connectivity index is 1.46. The van der Waals surface area contributed by atoms with Crippen molar-refractivity contribution in [2.75, 3.05) is 26.2 Å². The van der Waals surface area contributed by atoms with E-state index in [1.165, 1.54) is 34.4 Å². The zero-order chi connectivity index (χ0) is 23.8. The molecule has 6 nitrogen and oxygen atoms in total. The Morgan fingerprint density at radius 2 is 1.61 bits per heavy atom. The van der Waals surface area contributed by atoms with Gasteiger partial charge in [0.2, 0.25) is 10.0 Å². The number of rotatable bonds is 4. The molecule has 1 aromatic heterocycles. The lowest BCUT2D eigenvalue weighted by molar-refractivity contribution is -0.139. The number of benzene rings is 2. The Hall–Kier alpha value is -2.83. The molecule has 1 saturated heterocycles. The van der Waals surface area contributed by atoms with E-state index >= 15 is 0 Å². The maximum absolute atomic E-state index is 13.3. The number of carbonyl (C=O) groups is 1. The molecule has 0 N–H and O–H groups in total. The van der Waals surface area contributed by atoms with E-state index in [-0.39, 0.29) is 31.9 Å². The van der Waals surface area contributed by atoms with Gasteiger partial charge in [0, 0.05) is 37.1 Å². The summed E-state index contributed by atoms with van der Waals surface area (Å²) in [5.41, 5.74) is -0.406. The summed E-state index contributed by atoms with van der Waals surface area (Å²) in [5, 5.41) is 2.09. The van der Waals surface area contributed by atoms with Crippen molar-refractivity contribution in [3.63, 3.8) is 0 Å². The molecule has 0 radical (unpaired) electrons.